The summed E-state index contributed by atoms with van der Waals surface area (Å²) in [4.78, 5) is 2.91. The van der Waals surface area contributed by atoms with Gasteiger partial charge in [0.25, 0.3) is 0 Å². The summed E-state index contributed by atoms with van der Waals surface area (Å²) >= 11 is 3.96. The molecule has 1 heterocycles. The molecule has 1 nitrogen and oxygen atoms in total. The first-order valence-electron chi connectivity index (χ1n) is 6.97. The molecular weight excluding hydrogens is 258 g/mol. The molecule has 0 aliphatic heterocycles. The molecule has 3 atom stereocenters. The smallest absolute Gasteiger partial charge is 0.0305 e. The van der Waals surface area contributed by atoms with Crippen LogP contribution < -0.4 is 5.32 Å². The minimum Gasteiger partial charge on any atom is -0.306 e. The van der Waals surface area contributed by atoms with Gasteiger partial charge in [0.15, 0.2) is 0 Å². The van der Waals surface area contributed by atoms with E-state index in [-0.39, 0.29) is 0 Å². The summed E-state index contributed by atoms with van der Waals surface area (Å²) in [6.45, 7) is 6.78. The largest absolute Gasteiger partial charge is 0.306 e. The second-order valence-corrected chi connectivity index (χ2v) is 7.96. The molecule has 1 aliphatic rings. The van der Waals surface area contributed by atoms with E-state index >= 15 is 0 Å². The van der Waals surface area contributed by atoms with Crippen molar-refractivity contribution in [1.29, 1.82) is 0 Å². The first kappa shape index (κ1) is 14.4. The average Bonchev–Trinajstić information content (AvgIpc) is 2.69. The highest BCUT2D eigenvalue weighted by atomic mass is 32.2. The molecule has 1 aliphatic carbocycles. The van der Waals surface area contributed by atoms with Gasteiger partial charge in [0, 0.05) is 27.1 Å². The monoisotopic (exact) mass is 283 g/mol. The summed E-state index contributed by atoms with van der Waals surface area (Å²) in [5.74, 6) is 0. The summed E-state index contributed by atoms with van der Waals surface area (Å²) in [7, 11) is 0. The molecule has 1 aromatic rings. The number of nitrogens with one attached hydrogen (secondary N) is 1. The molecule has 102 valence electrons. The first-order chi connectivity index (χ1) is 8.61. The third kappa shape index (κ3) is 3.31. The second kappa shape index (κ2) is 6.44. The molecule has 0 bridgehead atoms. The highest BCUT2D eigenvalue weighted by Gasteiger charge is 2.26. The molecule has 3 unspecified atom stereocenters. The Morgan fingerprint density at radius 1 is 1.33 bits per heavy atom. The van der Waals surface area contributed by atoms with Gasteiger partial charge < -0.3 is 5.32 Å². The summed E-state index contributed by atoms with van der Waals surface area (Å²) < 4.78 is 0. The van der Waals surface area contributed by atoms with E-state index in [2.05, 4.69) is 38.4 Å². The van der Waals surface area contributed by atoms with Gasteiger partial charge in [-0.1, -0.05) is 12.8 Å². The Hall–Kier alpha value is 0.01000. The zero-order valence-corrected chi connectivity index (χ0v) is 13.6. The van der Waals surface area contributed by atoms with Crippen molar-refractivity contribution in [2.24, 2.45) is 0 Å². The van der Waals surface area contributed by atoms with E-state index in [1.165, 1.54) is 41.0 Å². The van der Waals surface area contributed by atoms with Crippen LogP contribution in [0.5, 0.6) is 0 Å². The highest BCUT2D eigenvalue weighted by Crippen LogP contribution is 2.31. The maximum Gasteiger partial charge on any atom is 0.0305 e. The second-order valence-electron chi connectivity index (χ2n) is 5.42. The molecule has 1 fully saturated rings. The predicted octanol–water partition coefficient (Wildman–Crippen LogP) is 4.69. The van der Waals surface area contributed by atoms with Crippen molar-refractivity contribution in [3.8, 4) is 0 Å². The Kier molecular flexibility index (Phi) is 5.16. The van der Waals surface area contributed by atoms with Crippen LogP contribution in [0.1, 0.15) is 54.0 Å². The van der Waals surface area contributed by atoms with Crippen molar-refractivity contribution in [3.05, 3.63) is 21.4 Å². The number of thioether (sulfide) groups is 1. The number of rotatable bonds is 4. The van der Waals surface area contributed by atoms with Gasteiger partial charge in [-0.25, -0.2) is 0 Å². The fraction of sp³-hybridized carbons (Fsp3) is 0.733. The third-order valence-corrected chi connectivity index (χ3v) is 6.17. The van der Waals surface area contributed by atoms with Crippen LogP contribution in [-0.2, 0) is 0 Å². The van der Waals surface area contributed by atoms with E-state index in [4.69, 9.17) is 0 Å². The maximum absolute atomic E-state index is 3.88. The van der Waals surface area contributed by atoms with Crippen LogP contribution in [0.3, 0.4) is 0 Å². The van der Waals surface area contributed by atoms with Crippen molar-refractivity contribution in [1.82, 2.24) is 5.32 Å². The minimum absolute atomic E-state index is 0.493. The molecule has 0 saturated heterocycles. The minimum atomic E-state index is 0.493. The zero-order chi connectivity index (χ0) is 13.1. The molecule has 18 heavy (non-hydrogen) atoms. The topological polar surface area (TPSA) is 12.0 Å². The Balaban J connectivity index is 2.01. The number of hydrogen-bond donors (Lipinski definition) is 1. The number of hydrogen-bond acceptors (Lipinski definition) is 3. The average molecular weight is 284 g/mol. The summed E-state index contributed by atoms with van der Waals surface area (Å²) in [5.41, 5.74) is 1.50. The summed E-state index contributed by atoms with van der Waals surface area (Å²) in [6, 6.07) is 3.55. The van der Waals surface area contributed by atoms with E-state index < -0.39 is 0 Å². The lowest BCUT2D eigenvalue weighted by molar-refractivity contribution is 0.356. The first-order valence-corrected chi connectivity index (χ1v) is 9.08. The van der Waals surface area contributed by atoms with Crippen LogP contribution in [0.15, 0.2) is 6.07 Å². The Morgan fingerprint density at radius 3 is 2.67 bits per heavy atom. The predicted molar refractivity (Wildman–Crippen MR) is 84.9 cm³/mol. The van der Waals surface area contributed by atoms with Gasteiger partial charge in [0.05, 0.1) is 0 Å². The van der Waals surface area contributed by atoms with Gasteiger partial charge in [-0.3, -0.25) is 0 Å². The van der Waals surface area contributed by atoms with Crippen LogP contribution >= 0.6 is 23.1 Å². The van der Waals surface area contributed by atoms with E-state index in [0.717, 1.165) is 5.25 Å². The van der Waals surface area contributed by atoms with Crippen LogP contribution in [0.2, 0.25) is 0 Å². The SMILES string of the molecule is CSC1CCCCC1NC(C)c1cc(C)sc1C. The van der Waals surface area contributed by atoms with Crippen molar-refractivity contribution in [2.75, 3.05) is 6.26 Å². The summed E-state index contributed by atoms with van der Waals surface area (Å²) in [6.07, 6.45) is 7.79. The highest BCUT2D eigenvalue weighted by molar-refractivity contribution is 7.99. The van der Waals surface area contributed by atoms with Gasteiger partial charge >= 0.3 is 0 Å². The van der Waals surface area contributed by atoms with E-state index in [0.29, 0.717) is 12.1 Å². The fourth-order valence-electron chi connectivity index (χ4n) is 3.06. The molecule has 0 radical (unpaired) electrons. The molecule has 1 N–H and O–H groups in total. The Bertz CT molecular complexity index is 386. The van der Waals surface area contributed by atoms with Crippen LogP contribution in [0.25, 0.3) is 0 Å². The van der Waals surface area contributed by atoms with Crippen molar-refractivity contribution >= 4 is 23.1 Å². The molecular formula is C15H25NS2. The molecule has 3 heteroatoms. The number of thiophene rings is 1. The van der Waals surface area contributed by atoms with Gasteiger partial charge in [-0.2, -0.15) is 11.8 Å². The van der Waals surface area contributed by atoms with Crippen LogP contribution in [0.4, 0.5) is 0 Å². The van der Waals surface area contributed by atoms with E-state index in [1.807, 2.05) is 23.1 Å². The zero-order valence-electron chi connectivity index (χ0n) is 12.0. The Morgan fingerprint density at radius 2 is 2.06 bits per heavy atom. The van der Waals surface area contributed by atoms with Crippen LogP contribution in [0, 0.1) is 13.8 Å². The van der Waals surface area contributed by atoms with Gasteiger partial charge in [-0.05, 0) is 51.5 Å². The van der Waals surface area contributed by atoms with Gasteiger partial charge in [0.1, 0.15) is 0 Å². The normalized spacial score (nSPS) is 26.2. The maximum atomic E-state index is 3.88. The van der Waals surface area contributed by atoms with Gasteiger partial charge in [0.2, 0.25) is 0 Å². The van der Waals surface area contributed by atoms with Crippen molar-refractivity contribution in [2.45, 2.75) is 63.8 Å². The molecule has 1 aromatic heterocycles. The molecule has 0 amide bonds. The molecule has 2 rings (SSSR count). The lowest BCUT2D eigenvalue weighted by Crippen LogP contribution is -2.41. The lowest BCUT2D eigenvalue weighted by atomic mass is 9.93. The van der Waals surface area contributed by atoms with Crippen molar-refractivity contribution in [3.63, 3.8) is 0 Å². The summed E-state index contributed by atoms with van der Waals surface area (Å²) in [5, 5.41) is 4.68. The molecule has 0 aromatic carbocycles. The fourth-order valence-corrected chi connectivity index (χ4v) is 5.03. The molecule has 1 saturated carbocycles. The third-order valence-electron chi connectivity index (χ3n) is 4.02. The quantitative estimate of drug-likeness (QED) is 0.860. The van der Waals surface area contributed by atoms with Gasteiger partial charge in [-0.15, -0.1) is 11.3 Å². The number of aryl methyl sites for hydroxylation is 2. The Labute approximate surface area is 120 Å². The van der Waals surface area contributed by atoms with Crippen LogP contribution in [-0.4, -0.2) is 17.5 Å². The standard InChI is InChI=1S/C15H25NS2/c1-10-9-13(12(3)18-10)11(2)16-14-7-5-6-8-15(14)17-4/h9,11,14-16H,5-8H2,1-4H3. The molecule has 0 spiro atoms. The van der Waals surface area contributed by atoms with Crippen molar-refractivity contribution < 1.29 is 0 Å². The lowest BCUT2D eigenvalue weighted by Gasteiger charge is -2.33. The van der Waals surface area contributed by atoms with E-state index in [9.17, 15) is 0 Å². The van der Waals surface area contributed by atoms with E-state index in [1.54, 1.807) is 0 Å².